The van der Waals surface area contributed by atoms with Crippen LogP contribution in [0, 0.1) is 21.8 Å². The molecule has 0 amide bonds. The van der Waals surface area contributed by atoms with Crippen molar-refractivity contribution in [3.63, 3.8) is 0 Å². The van der Waals surface area contributed by atoms with Crippen molar-refractivity contribution in [2.24, 2.45) is 5.92 Å². The SMILES string of the molecule is CCCC1CCC(Nc2cc(F)c(Cl)cc2[N+](=O)[O-])CC1. The fourth-order valence-electron chi connectivity index (χ4n) is 3.03. The van der Waals surface area contributed by atoms with E-state index < -0.39 is 10.7 Å². The lowest BCUT2D eigenvalue weighted by Gasteiger charge is -2.29. The summed E-state index contributed by atoms with van der Waals surface area (Å²) < 4.78 is 13.5. The number of hydrogen-bond acceptors (Lipinski definition) is 3. The van der Waals surface area contributed by atoms with Crippen LogP contribution in [0.25, 0.3) is 0 Å². The van der Waals surface area contributed by atoms with Crippen LogP contribution in [0.3, 0.4) is 0 Å². The predicted octanol–water partition coefficient (Wildman–Crippen LogP) is 5.16. The quantitative estimate of drug-likeness (QED) is 0.603. The van der Waals surface area contributed by atoms with E-state index in [1.54, 1.807) is 0 Å². The normalized spacial score (nSPS) is 22.0. The Kier molecular flexibility index (Phi) is 5.39. The molecule has 0 atom stereocenters. The van der Waals surface area contributed by atoms with Crippen LogP contribution in [0.4, 0.5) is 15.8 Å². The lowest BCUT2D eigenvalue weighted by molar-refractivity contribution is -0.384. The molecule has 1 aliphatic carbocycles. The third-order valence-electron chi connectivity index (χ3n) is 4.14. The Morgan fingerprint density at radius 2 is 2.05 bits per heavy atom. The number of hydrogen-bond donors (Lipinski definition) is 1. The van der Waals surface area contributed by atoms with Crippen molar-refractivity contribution in [2.75, 3.05) is 5.32 Å². The maximum atomic E-state index is 13.5. The Morgan fingerprint density at radius 1 is 1.38 bits per heavy atom. The van der Waals surface area contributed by atoms with Gasteiger partial charge in [0.25, 0.3) is 5.69 Å². The van der Waals surface area contributed by atoms with Crippen molar-refractivity contribution < 1.29 is 9.31 Å². The molecule has 1 aromatic rings. The molecular weight excluding hydrogens is 295 g/mol. The number of nitrogens with one attached hydrogen (secondary N) is 1. The fourth-order valence-corrected chi connectivity index (χ4v) is 3.18. The van der Waals surface area contributed by atoms with Crippen LogP contribution in [0.5, 0.6) is 0 Å². The van der Waals surface area contributed by atoms with Gasteiger partial charge in [-0.3, -0.25) is 10.1 Å². The first-order valence-corrected chi connectivity index (χ1v) is 7.79. The van der Waals surface area contributed by atoms with Crippen molar-refractivity contribution in [3.05, 3.63) is 33.1 Å². The molecule has 6 heteroatoms. The van der Waals surface area contributed by atoms with Gasteiger partial charge in [-0.15, -0.1) is 0 Å². The molecule has 0 spiro atoms. The molecule has 0 heterocycles. The second-order valence-electron chi connectivity index (χ2n) is 5.69. The Bertz CT molecular complexity index is 517. The highest BCUT2D eigenvalue weighted by Gasteiger charge is 2.24. The largest absolute Gasteiger partial charge is 0.377 e. The van der Waals surface area contributed by atoms with Gasteiger partial charge in [0, 0.05) is 18.2 Å². The summed E-state index contributed by atoms with van der Waals surface area (Å²) >= 11 is 5.62. The van der Waals surface area contributed by atoms with Crippen molar-refractivity contribution >= 4 is 23.0 Å². The average molecular weight is 315 g/mol. The standard InChI is InChI=1S/C15H20ClFN2O2/c1-2-3-10-4-6-11(7-5-10)18-14-9-13(17)12(16)8-15(14)19(20)21/h8-11,18H,2-7H2,1H3. The van der Waals surface area contributed by atoms with Crippen LogP contribution in [0.1, 0.15) is 45.4 Å². The second kappa shape index (κ2) is 7.07. The number of benzene rings is 1. The van der Waals surface area contributed by atoms with Crippen LogP contribution >= 0.6 is 11.6 Å². The number of anilines is 1. The molecular formula is C15H20ClFN2O2. The van der Waals surface area contributed by atoms with Gasteiger partial charge in [-0.25, -0.2) is 4.39 Å². The van der Waals surface area contributed by atoms with Crippen LogP contribution in [-0.2, 0) is 0 Å². The molecule has 0 radical (unpaired) electrons. The summed E-state index contributed by atoms with van der Waals surface area (Å²) in [5.41, 5.74) is 0.0536. The third-order valence-corrected chi connectivity index (χ3v) is 4.43. The molecule has 1 N–H and O–H groups in total. The monoisotopic (exact) mass is 314 g/mol. The Morgan fingerprint density at radius 3 is 2.62 bits per heavy atom. The van der Waals surface area contributed by atoms with Crippen LogP contribution in [0.15, 0.2) is 12.1 Å². The van der Waals surface area contributed by atoms with Crippen LogP contribution in [-0.4, -0.2) is 11.0 Å². The Hall–Kier alpha value is -1.36. The number of halogens is 2. The summed E-state index contributed by atoms with van der Waals surface area (Å²) in [6.07, 6.45) is 6.60. The predicted molar refractivity (Wildman–Crippen MR) is 82.3 cm³/mol. The summed E-state index contributed by atoms with van der Waals surface area (Å²) in [6, 6.07) is 2.36. The number of nitro groups is 1. The number of nitro benzene ring substituents is 1. The summed E-state index contributed by atoms with van der Waals surface area (Å²) in [6.45, 7) is 2.18. The lowest BCUT2D eigenvalue weighted by atomic mass is 9.83. The molecule has 1 fully saturated rings. The third kappa shape index (κ3) is 4.06. The lowest BCUT2D eigenvalue weighted by Crippen LogP contribution is -2.26. The molecule has 0 aromatic heterocycles. The number of rotatable bonds is 5. The van der Waals surface area contributed by atoms with Gasteiger partial charge in [0.2, 0.25) is 0 Å². The van der Waals surface area contributed by atoms with E-state index in [-0.39, 0.29) is 22.4 Å². The van der Waals surface area contributed by atoms with E-state index in [9.17, 15) is 14.5 Å². The highest BCUT2D eigenvalue weighted by molar-refractivity contribution is 6.31. The molecule has 1 aromatic carbocycles. The summed E-state index contributed by atoms with van der Waals surface area (Å²) in [7, 11) is 0. The van der Waals surface area contributed by atoms with Crippen LogP contribution in [0.2, 0.25) is 5.02 Å². The van der Waals surface area contributed by atoms with E-state index in [2.05, 4.69) is 12.2 Å². The number of nitrogens with zero attached hydrogens (tertiary/aromatic N) is 1. The molecule has 2 rings (SSSR count). The molecule has 1 saturated carbocycles. The van der Waals surface area contributed by atoms with E-state index >= 15 is 0 Å². The van der Waals surface area contributed by atoms with E-state index in [1.807, 2.05) is 0 Å². The van der Waals surface area contributed by atoms with E-state index in [0.29, 0.717) is 0 Å². The van der Waals surface area contributed by atoms with Crippen molar-refractivity contribution in [2.45, 2.75) is 51.5 Å². The molecule has 0 bridgehead atoms. The van der Waals surface area contributed by atoms with E-state index in [0.717, 1.165) is 43.7 Å². The minimum Gasteiger partial charge on any atom is -0.377 e. The highest BCUT2D eigenvalue weighted by atomic mass is 35.5. The van der Waals surface area contributed by atoms with Crippen molar-refractivity contribution in [1.82, 2.24) is 0 Å². The highest BCUT2D eigenvalue weighted by Crippen LogP contribution is 2.34. The molecule has 21 heavy (non-hydrogen) atoms. The van der Waals surface area contributed by atoms with Gasteiger partial charge in [-0.05, 0) is 31.6 Å². The summed E-state index contributed by atoms with van der Waals surface area (Å²) in [4.78, 5) is 10.5. The van der Waals surface area contributed by atoms with E-state index in [4.69, 9.17) is 11.6 Å². The smallest absolute Gasteiger partial charge is 0.294 e. The first kappa shape index (κ1) is 16.0. The fraction of sp³-hybridized carbons (Fsp3) is 0.600. The zero-order valence-corrected chi connectivity index (χ0v) is 12.8. The molecule has 4 nitrogen and oxygen atoms in total. The van der Waals surface area contributed by atoms with Crippen molar-refractivity contribution in [3.8, 4) is 0 Å². The van der Waals surface area contributed by atoms with Gasteiger partial charge in [-0.2, -0.15) is 0 Å². The second-order valence-corrected chi connectivity index (χ2v) is 6.10. The molecule has 116 valence electrons. The maximum Gasteiger partial charge on any atom is 0.294 e. The molecule has 0 aliphatic heterocycles. The topological polar surface area (TPSA) is 55.2 Å². The minimum atomic E-state index is -0.635. The first-order chi connectivity index (χ1) is 10.0. The summed E-state index contributed by atoms with van der Waals surface area (Å²) in [5, 5.41) is 13.9. The van der Waals surface area contributed by atoms with Crippen LogP contribution < -0.4 is 5.32 Å². The summed E-state index contributed by atoms with van der Waals surface area (Å²) in [5.74, 6) is 0.120. The van der Waals surface area contributed by atoms with Gasteiger partial charge in [0.1, 0.15) is 11.5 Å². The van der Waals surface area contributed by atoms with Gasteiger partial charge in [0.05, 0.1) is 9.95 Å². The van der Waals surface area contributed by atoms with Gasteiger partial charge in [-0.1, -0.05) is 31.4 Å². The van der Waals surface area contributed by atoms with Gasteiger partial charge in [0.15, 0.2) is 0 Å². The Labute approximate surface area is 128 Å². The zero-order chi connectivity index (χ0) is 15.4. The van der Waals surface area contributed by atoms with E-state index in [1.165, 1.54) is 12.8 Å². The van der Waals surface area contributed by atoms with Gasteiger partial charge >= 0.3 is 0 Å². The molecule has 1 aliphatic rings. The molecule has 0 unspecified atom stereocenters. The van der Waals surface area contributed by atoms with Gasteiger partial charge < -0.3 is 5.32 Å². The zero-order valence-electron chi connectivity index (χ0n) is 12.1. The average Bonchev–Trinajstić information content (AvgIpc) is 2.44. The minimum absolute atomic E-state index is 0.164. The Balaban J connectivity index is 2.06. The molecule has 0 saturated heterocycles. The first-order valence-electron chi connectivity index (χ1n) is 7.41. The maximum absolute atomic E-state index is 13.5. The van der Waals surface area contributed by atoms with Crippen molar-refractivity contribution in [1.29, 1.82) is 0 Å².